The minimum atomic E-state index is -1.08. The maximum Gasteiger partial charge on any atom is 0.328 e. The SMILES string of the molecule is N#CCC(=O)c1ccccc1C=CC(=O)O. The van der Waals surface area contributed by atoms with Gasteiger partial charge in [-0.1, -0.05) is 24.3 Å². The fourth-order valence-electron chi connectivity index (χ4n) is 1.22. The van der Waals surface area contributed by atoms with Crippen LogP contribution in [0, 0.1) is 11.3 Å². The van der Waals surface area contributed by atoms with Crippen molar-refractivity contribution in [2.75, 3.05) is 0 Å². The molecule has 0 radical (unpaired) electrons. The lowest BCUT2D eigenvalue weighted by atomic mass is 10.0. The van der Waals surface area contributed by atoms with Crippen LogP contribution in [0.25, 0.3) is 6.08 Å². The Balaban J connectivity index is 3.06. The summed E-state index contributed by atoms with van der Waals surface area (Å²) in [5, 5.41) is 16.9. The van der Waals surface area contributed by atoms with Crippen LogP contribution in [0.3, 0.4) is 0 Å². The van der Waals surface area contributed by atoms with Gasteiger partial charge >= 0.3 is 5.97 Å². The van der Waals surface area contributed by atoms with Gasteiger partial charge in [0.1, 0.15) is 0 Å². The quantitative estimate of drug-likeness (QED) is 0.614. The lowest BCUT2D eigenvalue weighted by Crippen LogP contribution is -2.00. The third-order valence-electron chi connectivity index (χ3n) is 1.91. The van der Waals surface area contributed by atoms with E-state index in [1.807, 2.05) is 0 Å². The van der Waals surface area contributed by atoms with Gasteiger partial charge in [-0.25, -0.2) is 4.79 Å². The average Bonchev–Trinajstić information content (AvgIpc) is 2.27. The zero-order valence-electron chi connectivity index (χ0n) is 8.38. The summed E-state index contributed by atoms with van der Waals surface area (Å²) in [4.78, 5) is 21.9. The highest BCUT2D eigenvalue weighted by Gasteiger charge is 2.08. The minimum absolute atomic E-state index is 0.210. The van der Waals surface area contributed by atoms with E-state index in [9.17, 15) is 9.59 Å². The molecule has 1 aromatic carbocycles. The Morgan fingerprint density at radius 1 is 1.38 bits per heavy atom. The van der Waals surface area contributed by atoms with Crippen molar-refractivity contribution in [2.45, 2.75) is 6.42 Å². The van der Waals surface area contributed by atoms with Crippen molar-refractivity contribution in [1.82, 2.24) is 0 Å². The van der Waals surface area contributed by atoms with Crippen molar-refractivity contribution in [3.63, 3.8) is 0 Å². The van der Waals surface area contributed by atoms with Gasteiger partial charge in [0.2, 0.25) is 0 Å². The molecule has 0 aliphatic heterocycles. The fraction of sp³-hybridized carbons (Fsp3) is 0.0833. The number of ketones is 1. The van der Waals surface area contributed by atoms with Crippen LogP contribution in [-0.4, -0.2) is 16.9 Å². The lowest BCUT2D eigenvalue weighted by Gasteiger charge is -2.01. The number of carboxylic acid groups (broad SMARTS) is 1. The highest BCUT2D eigenvalue weighted by atomic mass is 16.4. The van der Waals surface area contributed by atoms with Crippen molar-refractivity contribution < 1.29 is 14.7 Å². The Bertz CT molecular complexity index is 483. The molecule has 0 atom stereocenters. The maximum absolute atomic E-state index is 11.5. The molecule has 1 aromatic rings. The molecule has 0 saturated carbocycles. The maximum atomic E-state index is 11.5. The van der Waals surface area contributed by atoms with Crippen LogP contribution in [0.15, 0.2) is 30.3 Å². The first-order valence-electron chi connectivity index (χ1n) is 4.55. The summed E-state index contributed by atoms with van der Waals surface area (Å²) < 4.78 is 0. The first-order valence-corrected chi connectivity index (χ1v) is 4.55. The standard InChI is InChI=1S/C12H9NO3/c13-8-7-11(14)10-4-2-1-3-9(10)5-6-12(15)16/h1-6H,7H2,(H,15,16). The Hall–Kier alpha value is -2.41. The number of nitrogens with zero attached hydrogens (tertiary/aromatic N) is 1. The summed E-state index contributed by atoms with van der Waals surface area (Å²) in [5.74, 6) is -1.39. The largest absolute Gasteiger partial charge is 0.478 e. The number of nitriles is 1. The fourth-order valence-corrected chi connectivity index (χ4v) is 1.22. The molecular weight excluding hydrogens is 206 g/mol. The Morgan fingerprint density at radius 3 is 2.69 bits per heavy atom. The number of benzene rings is 1. The third kappa shape index (κ3) is 3.07. The Morgan fingerprint density at radius 2 is 2.06 bits per heavy atom. The summed E-state index contributed by atoms with van der Waals surface area (Å²) in [6, 6.07) is 8.34. The van der Waals surface area contributed by atoms with Gasteiger partial charge < -0.3 is 5.11 Å². The minimum Gasteiger partial charge on any atom is -0.478 e. The Kier molecular flexibility index (Phi) is 3.98. The zero-order valence-corrected chi connectivity index (χ0v) is 8.38. The molecule has 0 saturated heterocycles. The van der Waals surface area contributed by atoms with E-state index in [1.165, 1.54) is 6.08 Å². The molecule has 0 amide bonds. The van der Waals surface area contributed by atoms with Crippen molar-refractivity contribution in [3.05, 3.63) is 41.5 Å². The molecule has 4 heteroatoms. The van der Waals surface area contributed by atoms with Gasteiger partial charge in [0.25, 0.3) is 0 Å². The van der Waals surface area contributed by atoms with Crippen LogP contribution in [0.5, 0.6) is 0 Å². The Labute approximate surface area is 92.4 Å². The molecule has 0 fully saturated rings. The molecule has 1 N–H and O–H groups in total. The summed E-state index contributed by atoms with van der Waals surface area (Å²) in [6.07, 6.45) is 2.09. The first-order chi connectivity index (χ1) is 7.65. The van der Waals surface area contributed by atoms with E-state index in [0.717, 1.165) is 6.08 Å². The molecule has 0 spiro atoms. The average molecular weight is 215 g/mol. The van der Waals surface area contributed by atoms with Gasteiger partial charge in [0, 0.05) is 11.6 Å². The second kappa shape index (κ2) is 5.47. The highest BCUT2D eigenvalue weighted by molar-refractivity contribution is 6.01. The van der Waals surface area contributed by atoms with Gasteiger partial charge in [-0.3, -0.25) is 4.79 Å². The van der Waals surface area contributed by atoms with Gasteiger partial charge in [0.05, 0.1) is 12.5 Å². The summed E-state index contributed by atoms with van der Waals surface area (Å²) in [5.41, 5.74) is 0.867. The van der Waals surface area contributed by atoms with Crippen LogP contribution >= 0.6 is 0 Å². The number of Topliss-reactive ketones (excluding diaryl/α,β-unsaturated/α-hetero) is 1. The van der Waals surface area contributed by atoms with Crippen LogP contribution in [0.2, 0.25) is 0 Å². The van der Waals surface area contributed by atoms with Crippen molar-refractivity contribution in [2.24, 2.45) is 0 Å². The van der Waals surface area contributed by atoms with Gasteiger partial charge in [-0.15, -0.1) is 0 Å². The van der Waals surface area contributed by atoms with Gasteiger partial charge in [0.15, 0.2) is 5.78 Å². The predicted octanol–water partition coefficient (Wildman–Crippen LogP) is 1.88. The molecule has 0 aliphatic rings. The van der Waals surface area contributed by atoms with E-state index in [2.05, 4.69) is 0 Å². The summed E-state index contributed by atoms with van der Waals surface area (Å²) in [7, 11) is 0. The molecule has 4 nitrogen and oxygen atoms in total. The van der Waals surface area contributed by atoms with Crippen molar-refractivity contribution in [1.29, 1.82) is 5.26 Å². The van der Waals surface area contributed by atoms with E-state index in [0.29, 0.717) is 11.1 Å². The lowest BCUT2D eigenvalue weighted by molar-refractivity contribution is -0.131. The number of rotatable bonds is 4. The number of carbonyl (C=O) groups excluding carboxylic acids is 1. The number of carbonyl (C=O) groups is 2. The normalized spacial score (nSPS) is 9.94. The second-order valence-electron chi connectivity index (χ2n) is 3.02. The molecule has 80 valence electrons. The number of hydrogen-bond donors (Lipinski definition) is 1. The molecule has 0 aromatic heterocycles. The van der Waals surface area contributed by atoms with E-state index in [4.69, 9.17) is 10.4 Å². The molecule has 1 rings (SSSR count). The first kappa shape index (κ1) is 11.7. The van der Waals surface area contributed by atoms with Crippen LogP contribution < -0.4 is 0 Å². The highest BCUT2D eigenvalue weighted by Crippen LogP contribution is 2.12. The van der Waals surface area contributed by atoms with E-state index in [1.54, 1.807) is 30.3 Å². The van der Waals surface area contributed by atoms with E-state index < -0.39 is 5.97 Å². The number of hydrogen-bond acceptors (Lipinski definition) is 3. The predicted molar refractivity (Wildman–Crippen MR) is 57.7 cm³/mol. The van der Waals surface area contributed by atoms with E-state index >= 15 is 0 Å². The summed E-state index contributed by atoms with van der Waals surface area (Å²) >= 11 is 0. The van der Waals surface area contributed by atoms with E-state index in [-0.39, 0.29) is 12.2 Å². The molecule has 0 unspecified atom stereocenters. The molecule has 0 aliphatic carbocycles. The monoisotopic (exact) mass is 215 g/mol. The molecule has 16 heavy (non-hydrogen) atoms. The van der Waals surface area contributed by atoms with Crippen LogP contribution in [-0.2, 0) is 4.79 Å². The molecular formula is C12H9NO3. The van der Waals surface area contributed by atoms with Gasteiger partial charge in [-0.05, 0) is 11.6 Å². The smallest absolute Gasteiger partial charge is 0.328 e. The van der Waals surface area contributed by atoms with Crippen molar-refractivity contribution >= 4 is 17.8 Å². The second-order valence-corrected chi connectivity index (χ2v) is 3.02. The van der Waals surface area contributed by atoms with Gasteiger partial charge in [-0.2, -0.15) is 5.26 Å². The van der Waals surface area contributed by atoms with Crippen LogP contribution in [0.1, 0.15) is 22.3 Å². The number of carboxylic acids is 1. The third-order valence-corrected chi connectivity index (χ3v) is 1.91. The summed E-state index contributed by atoms with van der Waals surface area (Å²) in [6.45, 7) is 0. The topological polar surface area (TPSA) is 78.2 Å². The molecule has 0 bridgehead atoms. The number of aliphatic carboxylic acids is 1. The zero-order chi connectivity index (χ0) is 12.0. The molecule has 0 heterocycles. The van der Waals surface area contributed by atoms with Crippen LogP contribution in [0.4, 0.5) is 0 Å². The van der Waals surface area contributed by atoms with Crippen molar-refractivity contribution in [3.8, 4) is 6.07 Å².